The van der Waals surface area contributed by atoms with Crippen molar-refractivity contribution >= 4 is 23.2 Å². The highest BCUT2D eigenvalue weighted by atomic mass is 32.1. The molecule has 0 saturated carbocycles. The van der Waals surface area contributed by atoms with Gasteiger partial charge in [-0.05, 0) is 44.1 Å². The van der Waals surface area contributed by atoms with Crippen LogP contribution in [0.2, 0.25) is 0 Å². The van der Waals surface area contributed by atoms with Crippen LogP contribution in [0.5, 0.6) is 0 Å². The number of likely N-dealkylation sites (N-methyl/N-ethyl adjacent to an activating group) is 1. The van der Waals surface area contributed by atoms with E-state index in [1.54, 1.807) is 13.1 Å². The molecule has 0 aliphatic rings. The van der Waals surface area contributed by atoms with E-state index in [1.807, 2.05) is 32.2 Å². The fourth-order valence-corrected chi connectivity index (χ4v) is 1.87. The number of allylic oxidation sites excluding steroid dienone is 5. The monoisotopic (exact) mass is 306 g/mol. The molecule has 0 amide bonds. The molecule has 0 aliphatic heterocycles. The van der Waals surface area contributed by atoms with Crippen LogP contribution in [0.4, 0.5) is 0 Å². The van der Waals surface area contributed by atoms with Crippen LogP contribution in [0.3, 0.4) is 0 Å². The van der Waals surface area contributed by atoms with Crippen molar-refractivity contribution in [1.82, 2.24) is 10.2 Å². The van der Waals surface area contributed by atoms with Gasteiger partial charge in [0.15, 0.2) is 5.11 Å². The van der Waals surface area contributed by atoms with Gasteiger partial charge < -0.3 is 16.0 Å². The lowest BCUT2D eigenvalue weighted by atomic mass is 9.95. The van der Waals surface area contributed by atoms with Crippen LogP contribution >= 0.6 is 12.2 Å². The van der Waals surface area contributed by atoms with Crippen LogP contribution in [-0.4, -0.2) is 29.9 Å². The predicted molar refractivity (Wildman–Crippen MR) is 96.3 cm³/mol. The second-order valence-electron chi connectivity index (χ2n) is 4.88. The molecule has 21 heavy (non-hydrogen) atoms. The van der Waals surface area contributed by atoms with E-state index in [4.69, 9.17) is 23.4 Å². The summed E-state index contributed by atoms with van der Waals surface area (Å²) in [5, 5.41) is 11.4. The molecule has 116 valence electrons. The molecular weight excluding hydrogens is 280 g/mol. The normalized spacial score (nSPS) is 12.8. The average Bonchev–Trinajstić information content (AvgIpc) is 2.44. The van der Waals surface area contributed by atoms with Crippen LogP contribution in [0, 0.1) is 11.3 Å². The van der Waals surface area contributed by atoms with Crippen molar-refractivity contribution in [2.75, 3.05) is 14.1 Å². The highest BCUT2D eigenvalue weighted by molar-refractivity contribution is 7.80. The fourth-order valence-electron chi connectivity index (χ4n) is 1.77. The van der Waals surface area contributed by atoms with Gasteiger partial charge >= 0.3 is 0 Å². The van der Waals surface area contributed by atoms with Crippen molar-refractivity contribution in [2.24, 2.45) is 11.7 Å². The third-order valence-corrected chi connectivity index (χ3v) is 3.29. The lowest BCUT2D eigenvalue weighted by molar-refractivity contribution is 0.599. The van der Waals surface area contributed by atoms with Crippen LogP contribution in [0.1, 0.15) is 19.8 Å². The second-order valence-corrected chi connectivity index (χ2v) is 5.30. The van der Waals surface area contributed by atoms with Gasteiger partial charge in [-0.1, -0.05) is 24.3 Å². The number of nitrogens with one attached hydrogen (secondary N) is 2. The molecule has 4 nitrogen and oxygen atoms in total. The number of nitrogens with zero attached hydrogens (tertiary/aromatic N) is 1. The zero-order chi connectivity index (χ0) is 16.4. The molecule has 0 spiro atoms. The first-order valence-corrected chi connectivity index (χ1v) is 7.17. The fraction of sp³-hybridized carbons (Fsp3) is 0.375. The SMILES string of the molecule is C=C/C(=C\C=C/CC(CC(=C)C)C(=N)N(C)C(N)=S)NC. The van der Waals surface area contributed by atoms with Crippen molar-refractivity contribution in [3.8, 4) is 0 Å². The van der Waals surface area contributed by atoms with E-state index < -0.39 is 0 Å². The highest BCUT2D eigenvalue weighted by Gasteiger charge is 2.18. The zero-order valence-electron chi connectivity index (χ0n) is 13.1. The van der Waals surface area contributed by atoms with Gasteiger partial charge in [-0.3, -0.25) is 5.41 Å². The Hall–Kier alpha value is -1.88. The molecular formula is C16H26N4S. The molecule has 1 unspecified atom stereocenters. The Bertz CT molecular complexity index is 463. The van der Waals surface area contributed by atoms with Gasteiger partial charge in [0.05, 0.1) is 0 Å². The predicted octanol–water partition coefficient (Wildman–Crippen LogP) is 2.96. The minimum absolute atomic E-state index is 0.0143. The Labute approximate surface area is 133 Å². The van der Waals surface area contributed by atoms with E-state index >= 15 is 0 Å². The van der Waals surface area contributed by atoms with E-state index in [0.717, 1.165) is 24.1 Å². The summed E-state index contributed by atoms with van der Waals surface area (Å²) >= 11 is 4.92. The Morgan fingerprint density at radius 3 is 2.57 bits per heavy atom. The van der Waals surface area contributed by atoms with E-state index in [2.05, 4.69) is 18.5 Å². The first-order valence-electron chi connectivity index (χ1n) is 6.76. The van der Waals surface area contributed by atoms with Gasteiger partial charge in [-0.2, -0.15) is 0 Å². The first kappa shape index (κ1) is 19.1. The Morgan fingerprint density at radius 1 is 1.52 bits per heavy atom. The van der Waals surface area contributed by atoms with Gasteiger partial charge in [-0.25, -0.2) is 0 Å². The standard InChI is InChI=1S/C16H26N4S/c1-6-14(19-4)10-8-7-9-13(11-12(2)3)15(17)20(5)16(18)21/h6-8,10,13,17,19H,1-2,9,11H2,3-5H3,(H2,18,21)/b8-7-,14-10+,17-15?. The van der Waals surface area contributed by atoms with Crippen LogP contribution in [-0.2, 0) is 0 Å². The Balaban J connectivity index is 4.86. The molecule has 0 rings (SSSR count). The number of nitrogens with two attached hydrogens (primary N) is 1. The summed E-state index contributed by atoms with van der Waals surface area (Å²) in [5.74, 6) is 0.428. The zero-order valence-corrected chi connectivity index (χ0v) is 14.0. The molecule has 0 aromatic carbocycles. The first-order chi connectivity index (χ1) is 9.83. The average molecular weight is 306 g/mol. The number of hydrogen-bond donors (Lipinski definition) is 3. The molecule has 0 aromatic rings. The molecule has 5 heteroatoms. The maximum Gasteiger partial charge on any atom is 0.171 e. The van der Waals surface area contributed by atoms with Crippen molar-refractivity contribution in [2.45, 2.75) is 19.8 Å². The van der Waals surface area contributed by atoms with Crippen molar-refractivity contribution in [3.05, 3.63) is 48.7 Å². The van der Waals surface area contributed by atoms with Crippen LogP contribution in [0.25, 0.3) is 0 Å². The molecule has 0 bridgehead atoms. The van der Waals surface area contributed by atoms with Crippen molar-refractivity contribution in [1.29, 1.82) is 5.41 Å². The summed E-state index contributed by atoms with van der Waals surface area (Å²) < 4.78 is 0. The Morgan fingerprint density at radius 2 is 2.14 bits per heavy atom. The lowest BCUT2D eigenvalue weighted by Crippen LogP contribution is -2.40. The van der Waals surface area contributed by atoms with Gasteiger partial charge in [0.2, 0.25) is 0 Å². The Kier molecular flexibility index (Phi) is 9.05. The van der Waals surface area contributed by atoms with Crippen LogP contribution < -0.4 is 11.1 Å². The molecule has 0 saturated heterocycles. The summed E-state index contributed by atoms with van der Waals surface area (Å²) in [6.45, 7) is 9.60. The minimum atomic E-state index is 0.0143. The maximum absolute atomic E-state index is 8.21. The molecule has 4 N–H and O–H groups in total. The van der Waals surface area contributed by atoms with E-state index in [1.165, 1.54) is 4.90 Å². The summed E-state index contributed by atoms with van der Waals surface area (Å²) in [7, 11) is 3.56. The third-order valence-electron chi connectivity index (χ3n) is 3.01. The number of hydrogen-bond acceptors (Lipinski definition) is 3. The minimum Gasteiger partial charge on any atom is -0.388 e. The molecule has 0 radical (unpaired) electrons. The quantitative estimate of drug-likeness (QED) is 0.212. The van der Waals surface area contributed by atoms with Gasteiger partial charge in [0, 0.05) is 25.7 Å². The van der Waals surface area contributed by atoms with Gasteiger partial charge in [0.25, 0.3) is 0 Å². The smallest absolute Gasteiger partial charge is 0.171 e. The molecule has 0 fully saturated rings. The highest BCUT2D eigenvalue weighted by Crippen LogP contribution is 2.18. The van der Waals surface area contributed by atoms with E-state index in [9.17, 15) is 0 Å². The van der Waals surface area contributed by atoms with Crippen molar-refractivity contribution in [3.63, 3.8) is 0 Å². The van der Waals surface area contributed by atoms with Crippen LogP contribution in [0.15, 0.2) is 48.7 Å². The number of rotatable bonds is 8. The van der Waals surface area contributed by atoms with E-state index in [-0.39, 0.29) is 11.0 Å². The van der Waals surface area contributed by atoms with Crippen molar-refractivity contribution < 1.29 is 0 Å². The second kappa shape index (κ2) is 9.94. The summed E-state index contributed by atoms with van der Waals surface area (Å²) in [6.07, 6.45) is 9.12. The summed E-state index contributed by atoms with van der Waals surface area (Å²) in [5.41, 5.74) is 7.56. The van der Waals surface area contributed by atoms with Gasteiger partial charge in [-0.15, -0.1) is 6.58 Å². The van der Waals surface area contributed by atoms with E-state index in [0.29, 0.717) is 5.84 Å². The summed E-state index contributed by atoms with van der Waals surface area (Å²) in [6, 6.07) is 0. The lowest BCUT2D eigenvalue weighted by Gasteiger charge is -2.24. The molecule has 0 aromatic heterocycles. The summed E-state index contributed by atoms with van der Waals surface area (Å²) in [4.78, 5) is 1.54. The topological polar surface area (TPSA) is 65.1 Å². The maximum atomic E-state index is 8.21. The molecule has 0 heterocycles. The van der Waals surface area contributed by atoms with Gasteiger partial charge in [0.1, 0.15) is 5.84 Å². The molecule has 1 atom stereocenters. The molecule has 0 aliphatic carbocycles. The third kappa shape index (κ3) is 7.46. The number of thiocarbonyl (C=S) groups is 1. The largest absolute Gasteiger partial charge is 0.388 e. The number of amidine groups is 1.